The molecular formula is C21H28N4O. The van der Waals surface area contributed by atoms with Crippen LogP contribution in [0.2, 0.25) is 0 Å². The van der Waals surface area contributed by atoms with Crippen LogP contribution in [0.15, 0.2) is 48.9 Å². The van der Waals surface area contributed by atoms with Crippen molar-refractivity contribution < 1.29 is 4.74 Å². The Bertz CT molecular complexity index is 696. The van der Waals surface area contributed by atoms with E-state index in [1.807, 2.05) is 24.5 Å². The summed E-state index contributed by atoms with van der Waals surface area (Å²) in [5.74, 6) is 0.595. The number of nitrogens with zero attached hydrogens (tertiary/aromatic N) is 4. The fourth-order valence-corrected chi connectivity index (χ4v) is 4.64. The first-order chi connectivity index (χ1) is 12.7. The Morgan fingerprint density at radius 2 is 2.15 bits per heavy atom. The van der Waals surface area contributed by atoms with Crippen LogP contribution in [0.25, 0.3) is 0 Å². The number of pyridine rings is 2. The van der Waals surface area contributed by atoms with Crippen molar-refractivity contribution in [2.24, 2.45) is 11.3 Å². The molecule has 0 radical (unpaired) electrons. The molecule has 26 heavy (non-hydrogen) atoms. The van der Waals surface area contributed by atoms with Gasteiger partial charge >= 0.3 is 0 Å². The Morgan fingerprint density at radius 1 is 1.19 bits per heavy atom. The van der Waals surface area contributed by atoms with Gasteiger partial charge in [-0.15, -0.1) is 0 Å². The molecule has 5 nitrogen and oxygen atoms in total. The highest BCUT2D eigenvalue weighted by Gasteiger charge is 2.49. The van der Waals surface area contributed by atoms with Crippen molar-refractivity contribution in [3.63, 3.8) is 0 Å². The van der Waals surface area contributed by atoms with Crippen molar-refractivity contribution in [2.75, 3.05) is 39.8 Å². The van der Waals surface area contributed by atoms with E-state index in [1.54, 1.807) is 6.20 Å². The van der Waals surface area contributed by atoms with Gasteiger partial charge in [0, 0.05) is 56.1 Å². The monoisotopic (exact) mass is 352 g/mol. The summed E-state index contributed by atoms with van der Waals surface area (Å²) in [5.41, 5.74) is 2.68. The van der Waals surface area contributed by atoms with E-state index < -0.39 is 0 Å². The van der Waals surface area contributed by atoms with Crippen LogP contribution in [0.1, 0.15) is 17.7 Å². The van der Waals surface area contributed by atoms with Gasteiger partial charge in [0.1, 0.15) is 0 Å². The number of aromatic nitrogens is 2. The molecule has 1 spiro atoms. The van der Waals surface area contributed by atoms with E-state index >= 15 is 0 Å². The predicted octanol–water partition coefficient (Wildman–Crippen LogP) is 2.45. The molecule has 2 aromatic rings. The second kappa shape index (κ2) is 7.82. The Kier molecular flexibility index (Phi) is 5.29. The second-order valence-corrected chi connectivity index (χ2v) is 7.91. The lowest BCUT2D eigenvalue weighted by Gasteiger charge is -2.30. The van der Waals surface area contributed by atoms with E-state index in [9.17, 15) is 0 Å². The molecule has 2 aromatic heterocycles. The highest BCUT2D eigenvalue weighted by atomic mass is 16.5. The molecule has 4 heterocycles. The molecular weight excluding hydrogens is 324 g/mol. The lowest BCUT2D eigenvalue weighted by Crippen LogP contribution is -2.36. The number of likely N-dealkylation sites (tertiary alicyclic amines) is 2. The number of hydrogen-bond donors (Lipinski definition) is 0. The zero-order valence-electron chi connectivity index (χ0n) is 15.6. The molecule has 0 unspecified atom stereocenters. The van der Waals surface area contributed by atoms with Gasteiger partial charge in [-0.1, -0.05) is 12.1 Å². The quantitative estimate of drug-likeness (QED) is 0.799. The molecule has 0 aliphatic carbocycles. The summed E-state index contributed by atoms with van der Waals surface area (Å²) in [6.07, 6.45) is 6.84. The zero-order valence-corrected chi connectivity index (χ0v) is 15.6. The SMILES string of the molecule is CN1C[C@H](COCc2cccnc2)[C@@]2(CCN(Cc3ccccn3)C2)C1. The summed E-state index contributed by atoms with van der Waals surface area (Å²) in [6.45, 7) is 7.05. The number of ether oxygens (including phenoxy) is 1. The maximum atomic E-state index is 6.09. The molecule has 2 fully saturated rings. The van der Waals surface area contributed by atoms with Crippen LogP contribution in [0.3, 0.4) is 0 Å². The Labute approximate surface area is 156 Å². The highest BCUT2D eigenvalue weighted by molar-refractivity contribution is 5.08. The van der Waals surface area contributed by atoms with Crippen molar-refractivity contribution in [2.45, 2.75) is 19.6 Å². The van der Waals surface area contributed by atoms with Crippen molar-refractivity contribution in [1.29, 1.82) is 0 Å². The summed E-state index contributed by atoms with van der Waals surface area (Å²) in [4.78, 5) is 13.7. The van der Waals surface area contributed by atoms with Crippen molar-refractivity contribution >= 4 is 0 Å². The first-order valence-corrected chi connectivity index (χ1v) is 9.51. The minimum absolute atomic E-state index is 0.360. The fraction of sp³-hybridized carbons (Fsp3) is 0.524. The third-order valence-corrected chi connectivity index (χ3v) is 5.87. The van der Waals surface area contributed by atoms with Crippen LogP contribution in [0.4, 0.5) is 0 Å². The molecule has 5 heteroatoms. The van der Waals surface area contributed by atoms with Gasteiger partial charge in [-0.05, 0) is 43.8 Å². The molecule has 0 aromatic carbocycles. The van der Waals surface area contributed by atoms with E-state index in [1.165, 1.54) is 18.7 Å². The predicted molar refractivity (Wildman–Crippen MR) is 101 cm³/mol. The normalized spacial score (nSPS) is 26.7. The van der Waals surface area contributed by atoms with E-state index in [2.05, 4.69) is 45.0 Å². The van der Waals surface area contributed by atoms with E-state index in [0.717, 1.165) is 38.3 Å². The molecule has 138 valence electrons. The van der Waals surface area contributed by atoms with Crippen LogP contribution in [0, 0.1) is 11.3 Å². The summed E-state index contributed by atoms with van der Waals surface area (Å²) < 4.78 is 6.09. The lowest BCUT2D eigenvalue weighted by atomic mass is 9.77. The third-order valence-electron chi connectivity index (χ3n) is 5.87. The minimum atomic E-state index is 0.360. The topological polar surface area (TPSA) is 41.5 Å². The molecule has 0 bridgehead atoms. The van der Waals surface area contributed by atoms with Gasteiger partial charge in [-0.25, -0.2) is 0 Å². The first kappa shape index (κ1) is 17.6. The van der Waals surface area contributed by atoms with Crippen LogP contribution in [-0.4, -0.2) is 59.6 Å². The molecule has 0 N–H and O–H groups in total. The third kappa shape index (κ3) is 3.95. The maximum absolute atomic E-state index is 6.09. The first-order valence-electron chi connectivity index (χ1n) is 9.51. The van der Waals surface area contributed by atoms with Crippen molar-refractivity contribution in [3.8, 4) is 0 Å². The molecule has 2 aliphatic rings. The molecule has 2 aliphatic heterocycles. The van der Waals surface area contributed by atoms with E-state index in [-0.39, 0.29) is 0 Å². The Morgan fingerprint density at radius 3 is 2.96 bits per heavy atom. The summed E-state index contributed by atoms with van der Waals surface area (Å²) in [7, 11) is 2.24. The standard InChI is InChI=1S/C21H28N4O/c1-24-12-19(15-26-14-18-5-4-8-22-11-18)21(16-24)7-10-25(17-21)13-20-6-2-3-9-23-20/h2-6,8-9,11,19H,7,10,12-17H2,1H3/t19-,21+/m1/s1. The largest absolute Gasteiger partial charge is 0.376 e. The summed E-state index contributed by atoms with van der Waals surface area (Å²) in [6, 6.07) is 10.2. The van der Waals surface area contributed by atoms with Gasteiger partial charge in [-0.2, -0.15) is 0 Å². The van der Waals surface area contributed by atoms with Gasteiger partial charge in [0.05, 0.1) is 18.9 Å². The number of rotatable bonds is 6. The van der Waals surface area contributed by atoms with Crippen molar-refractivity contribution in [1.82, 2.24) is 19.8 Å². The van der Waals surface area contributed by atoms with Gasteiger partial charge < -0.3 is 9.64 Å². The smallest absolute Gasteiger partial charge is 0.0731 e. The van der Waals surface area contributed by atoms with Gasteiger partial charge in [0.2, 0.25) is 0 Å². The van der Waals surface area contributed by atoms with E-state index in [4.69, 9.17) is 4.74 Å². The summed E-state index contributed by atoms with van der Waals surface area (Å²) >= 11 is 0. The van der Waals surface area contributed by atoms with Crippen molar-refractivity contribution in [3.05, 3.63) is 60.2 Å². The second-order valence-electron chi connectivity index (χ2n) is 7.91. The van der Waals surface area contributed by atoms with Crippen LogP contribution < -0.4 is 0 Å². The molecule has 2 atom stereocenters. The lowest BCUT2D eigenvalue weighted by molar-refractivity contribution is 0.0514. The molecule has 2 saturated heterocycles. The average molecular weight is 352 g/mol. The molecule has 0 amide bonds. The van der Waals surface area contributed by atoms with Gasteiger partial charge in [0.25, 0.3) is 0 Å². The minimum Gasteiger partial charge on any atom is -0.376 e. The maximum Gasteiger partial charge on any atom is 0.0731 e. The van der Waals surface area contributed by atoms with Crippen LogP contribution >= 0.6 is 0 Å². The van der Waals surface area contributed by atoms with Crippen LogP contribution in [-0.2, 0) is 17.9 Å². The fourth-order valence-electron chi connectivity index (χ4n) is 4.64. The molecule has 4 rings (SSSR count). The molecule has 0 saturated carbocycles. The average Bonchev–Trinajstić information content (AvgIpc) is 3.20. The van der Waals surface area contributed by atoms with Crippen LogP contribution in [0.5, 0.6) is 0 Å². The van der Waals surface area contributed by atoms with Gasteiger partial charge in [0.15, 0.2) is 0 Å². The zero-order chi connectivity index (χ0) is 17.8. The number of hydrogen-bond acceptors (Lipinski definition) is 5. The van der Waals surface area contributed by atoms with Gasteiger partial charge in [-0.3, -0.25) is 14.9 Å². The Hall–Kier alpha value is -1.82. The Balaban J connectivity index is 1.35. The summed E-state index contributed by atoms with van der Waals surface area (Å²) in [5, 5.41) is 0. The highest BCUT2D eigenvalue weighted by Crippen LogP contribution is 2.43. The van der Waals surface area contributed by atoms with E-state index in [0.29, 0.717) is 17.9 Å².